The van der Waals surface area contributed by atoms with Crippen LogP contribution in [0.15, 0.2) is 24.3 Å². The second-order valence-corrected chi connectivity index (χ2v) is 6.65. The quantitative estimate of drug-likeness (QED) is 0.793. The van der Waals surface area contributed by atoms with Crippen LogP contribution in [0.5, 0.6) is 5.75 Å². The number of aliphatic hydroxyl groups excluding tert-OH is 1. The first kappa shape index (κ1) is 20.7. The van der Waals surface area contributed by atoms with Gasteiger partial charge in [-0.25, -0.2) is 4.79 Å². The van der Waals surface area contributed by atoms with Crippen molar-refractivity contribution in [2.24, 2.45) is 11.8 Å². The van der Waals surface area contributed by atoms with E-state index in [4.69, 9.17) is 4.74 Å². The highest BCUT2D eigenvalue weighted by Crippen LogP contribution is 2.21. The minimum atomic E-state index is -0.521. The van der Waals surface area contributed by atoms with Crippen molar-refractivity contribution in [2.75, 3.05) is 33.4 Å². The molecule has 1 heterocycles. The fourth-order valence-corrected chi connectivity index (χ4v) is 3.29. The van der Waals surface area contributed by atoms with Gasteiger partial charge in [-0.2, -0.15) is 0 Å². The molecule has 1 saturated heterocycles. The van der Waals surface area contributed by atoms with Crippen LogP contribution in [0.3, 0.4) is 0 Å². The standard InChI is InChI=1S/C18H27NO4.ClH/c1-13-8-14(2)10-19(9-13)11-16(20)12-23-17-6-4-15(5-7-17)18(21)22-3;/h4-7,13-14,16,20H,8-12H2,1-3H3;1H. The summed E-state index contributed by atoms with van der Waals surface area (Å²) >= 11 is 0. The smallest absolute Gasteiger partial charge is 0.337 e. The third kappa shape index (κ3) is 6.30. The minimum Gasteiger partial charge on any atom is -0.491 e. The van der Waals surface area contributed by atoms with E-state index >= 15 is 0 Å². The molecule has 1 aliphatic rings. The maximum atomic E-state index is 11.4. The number of methoxy groups -OCH3 is 1. The Morgan fingerprint density at radius 2 is 1.83 bits per heavy atom. The summed E-state index contributed by atoms with van der Waals surface area (Å²) in [5.41, 5.74) is 0.483. The molecule has 6 heteroatoms. The molecule has 0 amide bonds. The van der Waals surface area contributed by atoms with Gasteiger partial charge in [0.15, 0.2) is 0 Å². The first-order valence-corrected chi connectivity index (χ1v) is 8.19. The molecule has 0 aromatic heterocycles. The van der Waals surface area contributed by atoms with E-state index in [1.54, 1.807) is 24.3 Å². The van der Waals surface area contributed by atoms with E-state index in [0.29, 0.717) is 29.7 Å². The predicted octanol–water partition coefficient (Wildman–Crippen LogP) is 2.61. The first-order chi connectivity index (χ1) is 11.0. The van der Waals surface area contributed by atoms with Crippen molar-refractivity contribution in [3.63, 3.8) is 0 Å². The number of carbonyl (C=O) groups excluding carboxylic acids is 1. The monoisotopic (exact) mass is 357 g/mol. The molecule has 0 radical (unpaired) electrons. The Kier molecular flexibility index (Phi) is 8.53. The first-order valence-electron chi connectivity index (χ1n) is 8.19. The van der Waals surface area contributed by atoms with Crippen molar-refractivity contribution < 1.29 is 19.4 Å². The van der Waals surface area contributed by atoms with E-state index in [0.717, 1.165) is 13.1 Å². The highest BCUT2D eigenvalue weighted by atomic mass is 35.5. The molecule has 0 aliphatic carbocycles. The molecule has 2 rings (SSSR count). The highest BCUT2D eigenvalue weighted by molar-refractivity contribution is 5.89. The Labute approximate surface area is 150 Å². The molecule has 0 saturated carbocycles. The van der Waals surface area contributed by atoms with Crippen molar-refractivity contribution in [3.05, 3.63) is 29.8 Å². The van der Waals surface area contributed by atoms with Crippen molar-refractivity contribution in [1.82, 2.24) is 4.90 Å². The van der Waals surface area contributed by atoms with E-state index in [2.05, 4.69) is 23.5 Å². The van der Waals surface area contributed by atoms with Gasteiger partial charge in [0, 0.05) is 19.6 Å². The number of halogens is 1. The van der Waals surface area contributed by atoms with Gasteiger partial charge >= 0.3 is 5.97 Å². The highest BCUT2D eigenvalue weighted by Gasteiger charge is 2.23. The molecular weight excluding hydrogens is 330 g/mol. The molecule has 1 fully saturated rings. The fourth-order valence-electron chi connectivity index (χ4n) is 3.29. The summed E-state index contributed by atoms with van der Waals surface area (Å²) in [5, 5.41) is 10.2. The topological polar surface area (TPSA) is 59.0 Å². The lowest BCUT2D eigenvalue weighted by atomic mass is 9.92. The van der Waals surface area contributed by atoms with Crippen LogP contribution in [-0.4, -0.2) is 55.4 Å². The molecule has 24 heavy (non-hydrogen) atoms. The van der Waals surface area contributed by atoms with Gasteiger partial charge in [0.2, 0.25) is 0 Å². The Morgan fingerprint density at radius 1 is 1.25 bits per heavy atom. The average Bonchev–Trinajstić information content (AvgIpc) is 2.51. The second kappa shape index (κ2) is 9.87. The summed E-state index contributed by atoms with van der Waals surface area (Å²) in [4.78, 5) is 13.7. The fraction of sp³-hybridized carbons (Fsp3) is 0.611. The molecule has 1 N–H and O–H groups in total. The number of nitrogens with zero attached hydrogens (tertiary/aromatic N) is 1. The van der Waals surface area contributed by atoms with Gasteiger partial charge in [0.25, 0.3) is 0 Å². The SMILES string of the molecule is COC(=O)c1ccc(OCC(O)CN2CC(C)CC(C)C2)cc1.Cl. The largest absolute Gasteiger partial charge is 0.491 e. The second-order valence-electron chi connectivity index (χ2n) is 6.65. The molecule has 1 aromatic carbocycles. The van der Waals surface area contributed by atoms with E-state index < -0.39 is 6.10 Å². The van der Waals surface area contributed by atoms with Crippen LogP contribution < -0.4 is 4.74 Å². The maximum absolute atomic E-state index is 11.4. The van der Waals surface area contributed by atoms with E-state index in [-0.39, 0.29) is 25.0 Å². The van der Waals surface area contributed by atoms with Crippen molar-refractivity contribution in [1.29, 1.82) is 0 Å². The van der Waals surface area contributed by atoms with Gasteiger partial charge < -0.3 is 19.5 Å². The molecule has 136 valence electrons. The van der Waals surface area contributed by atoms with Gasteiger partial charge in [-0.1, -0.05) is 13.8 Å². The van der Waals surface area contributed by atoms with Crippen LogP contribution in [0.1, 0.15) is 30.6 Å². The third-order valence-electron chi connectivity index (χ3n) is 4.13. The number of hydrogen-bond acceptors (Lipinski definition) is 5. The summed E-state index contributed by atoms with van der Waals surface area (Å²) in [6.07, 6.45) is 0.739. The molecule has 0 bridgehead atoms. The molecule has 3 unspecified atom stereocenters. The minimum absolute atomic E-state index is 0. The lowest BCUT2D eigenvalue weighted by Gasteiger charge is -2.35. The number of aliphatic hydroxyl groups is 1. The van der Waals surface area contributed by atoms with Gasteiger partial charge in [-0.05, 0) is 42.5 Å². The molecule has 0 spiro atoms. The normalized spacial score (nSPS) is 22.3. The number of ether oxygens (including phenoxy) is 2. The van der Waals surface area contributed by atoms with Crippen LogP contribution in [0, 0.1) is 11.8 Å². The number of carbonyl (C=O) groups is 1. The molecule has 1 aromatic rings. The zero-order chi connectivity index (χ0) is 16.8. The van der Waals surface area contributed by atoms with Crippen LogP contribution >= 0.6 is 12.4 Å². The lowest BCUT2D eigenvalue weighted by molar-refractivity contribution is 0.0428. The average molecular weight is 358 g/mol. The van der Waals surface area contributed by atoms with E-state index in [1.807, 2.05) is 0 Å². The summed E-state index contributed by atoms with van der Waals surface area (Å²) in [6.45, 7) is 7.47. The van der Waals surface area contributed by atoms with E-state index in [9.17, 15) is 9.90 Å². The van der Waals surface area contributed by atoms with Crippen LogP contribution in [0.4, 0.5) is 0 Å². The molecule has 3 atom stereocenters. The van der Waals surface area contributed by atoms with Crippen LogP contribution in [0.2, 0.25) is 0 Å². The summed E-state index contributed by atoms with van der Waals surface area (Å²) in [7, 11) is 1.35. The Morgan fingerprint density at radius 3 is 2.38 bits per heavy atom. The lowest BCUT2D eigenvalue weighted by Crippen LogP contribution is -2.43. The summed E-state index contributed by atoms with van der Waals surface area (Å²) in [5.74, 6) is 1.62. The van der Waals surface area contributed by atoms with E-state index in [1.165, 1.54) is 13.5 Å². The predicted molar refractivity (Wildman–Crippen MR) is 95.9 cm³/mol. The molecule has 5 nitrogen and oxygen atoms in total. The molecular formula is C18H28ClNO4. The molecule has 1 aliphatic heterocycles. The number of hydrogen-bond donors (Lipinski definition) is 1. The Bertz CT molecular complexity index is 498. The van der Waals surface area contributed by atoms with Crippen LogP contribution in [0.25, 0.3) is 0 Å². The number of benzene rings is 1. The Hall–Kier alpha value is -1.30. The zero-order valence-corrected chi connectivity index (χ0v) is 15.4. The summed E-state index contributed by atoms with van der Waals surface area (Å²) in [6, 6.07) is 6.73. The number of rotatable bonds is 6. The van der Waals surface area contributed by atoms with Gasteiger partial charge in [-0.3, -0.25) is 0 Å². The van der Waals surface area contributed by atoms with Gasteiger partial charge in [0.05, 0.1) is 12.7 Å². The van der Waals surface area contributed by atoms with Gasteiger partial charge in [-0.15, -0.1) is 12.4 Å². The Balaban J connectivity index is 0.00000288. The van der Waals surface area contributed by atoms with Gasteiger partial charge in [0.1, 0.15) is 18.5 Å². The van der Waals surface area contributed by atoms with Crippen LogP contribution in [-0.2, 0) is 4.74 Å². The maximum Gasteiger partial charge on any atom is 0.337 e. The number of esters is 1. The summed E-state index contributed by atoms with van der Waals surface area (Å²) < 4.78 is 10.3. The number of piperidine rings is 1. The van der Waals surface area contributed by atoms with Crippen molar-refractivity contribution in [2.45, 2.75) is 26.4 Å². The van der Waals surface area contributed by atoms with Crippen molar-refractivity contribution in [3.8, 4) is 5.75 Å². The zero-order valence-electron chi connectivity index (χ0n) is 14.6. The van der Waals surface area contributed by atoms with Crippen molar-refractivity contribution >= 4 is 18.4 Å². The number of likely N-dealkylation sites (tertiary alicyclic amines) is 1. The number of β-amino-alcohol motifs (C(OH)–C–C–N with tert-alkyl or cyclic N) is 1. The third-order valence-corrected chi connectivity index (χ3v) is 4.13.